The molecule has 1 N–H and O–H groups in total. The van der Waals surface area contributed by atoms with Crippen LogP contribution in [0.25, 0.3) is 0 Å². The minimum atomic E-state index is -0.289. The molecule has 0 bridgehead atoms. The van der Waals surface area contributed by atoms with Gasteiger partial charge < -0.3 is 10.1 Å². The first kappa shape index (κ1) is 11.3. The molecular weight excluding hydrogens is 190 g/mol. The van der Waals surface area contributed by atoms with Gasteiger partial charge in [-0.05, 0) is 20.8 Å². The fourth-order valence-electron chi connectivity index (χ4n) is 1.16. The summed E-state index contributed by atoms with van der Waals surface area (Å²) < 4.78 is 5.49. The van der Waals surface area contributed by atoms with Gasteiger partial charge in [0.05, 0.1) is 5.56 Å². The summed E-state index contributed by atoms with van der Waals surface area (Å²) in [5.41, 5.74) is 0.866. The van der Waals surface area contributed by atoms with Gasteiger partial charge in [-0.1, -0.05) is 5.92 Å². The van der Waals surface area contributed by atoms with E-state index >= 15 is 0 Å². The number of hydrogen-bond donors (Lipinski definition) is 1. The molecule has 1 heterocycles. The molecule has 80 valence electrons. The molecule has 1 unspecified atom stereocenters. The van der Waals surface area contributed by atoms with Gasteiger partial charge in [0.2, 0.25) is 5.88 Å². The van der Waals surface area contributed by atoms with Crippen LogP contribution in [0.2, 0.25) is 0 Å². The van der Waals surface area contributed by atoms with E-state index in [9.17, 15) is 0 Å². The van der Waals surface area contributed by atoms with Gasteiger partial charge >= 0.3 is 0 Å². The SMILES string of the molecule is C#CC(C)Oc1nc(C)nc(NC)c1C. The number of aryl methyl sites for hydroxylation is 1. The monoisotopic (exact) mass is 205 g/mol. The number of hydrogen-bond acceptors (Lipinski definition) is 4. The maximum Gasteiger partial charge on any atom is 0.223 e. The van der Waals surface area contributed by atoms with Crippen molar-refractivity contribution in [3.05, 3.63) is 11.4 Å². The van der Waals surface area contributed by atoms with E-state index in [1.165, 1.54) is 0 Å². The van der Waals surface area contributed by atoms with Gasteiger partial charge in [0.25, 0.3) is 0 Å². The largest absolute Gasteiger partial charge is 0.461 e. The van der Waals surface area contributed by atoms with Crippen molar-refractivity contribution in [2.45, 2.75) is 26.9 Å². The molecule has 0 spiro atoms. The number of aromatic nitrogens is 2. The molecule has 0 saturated heterocycles. The van der Waals surface area contributed by atoms with E-state index in [-0.39, 0.29) is 6.10 Å². The van der Waals surface area contributed by atoms with E-state index in [1.807, 2.05) is 20.9 Å². The average molecular weight is 205 g/mol. The van der Waals surface area contributed by atoms with Gasteiger partial charge in [0.15, 0.2) is 6.10 Å². The third-order valence-electron chi connectivity index (χ3n) is 1.97. The van der Waals surface area contributed by atoms with E-state index in [4.69, 9.17) is 11.2 Å². The number of nitrogens with one attached hydrogen (secondary N) is 1. The van der Waals surface area contributed by atoms with Crippen LogP contribution in [0.15, 0.2) is 0 Å². The predicted molar refractivity (Wildman–Crippen MR) is 60.0 cm³/mol. The molecule has 0 aromatic carbocycles. The lowest BCUT2D eigenvalue weighted by Crippen LogP contribution is -2.12. The van der Waals surface area contributed by atoms with Crippen molar-refractivity contribution in [3.63, 3.8) is 0 Å². The van der Waals surface area contributed by atoms with Crippen molar-refractivity contribution in [2.75, 3.05) is 12.4 Å². The highest BCUT2D eigenvalue weighted by atomic mass is 16.5. The van der Waals surface area contributed by atoms with Gasteiger partial charge in [0.1, 0.15) is 11.6 Å². The second kappa shape index (κ2) is 4.65. The highest BCUT2D eigenvalue weighted by molar-refractivity contribution is 5.48. The van der Waals surface area contributed by atoms with Crippen LogP contribution in [0, 0.1) is 26.2 Å². The smallest absolute Gasteiger partial charge is 0.223 e. The van der Waals surface area contributed by atoms with E-state index in [0.29, 0.717) is 11.7 Å². The van der Waals surface area contributed by atoms with Gasteiger partial charge in [-0.2, -0.15) is 4.98 Å². The number of nitrogens with zero attached hydrogens (tertiary/aromatic N) is 2. The Balaban J connectivity index is 3.07. The lowest BCUT2D eigenvalue weighted by Gasteiger charge is -2.13. The minimum absolute atomic E-state index is 0.289. The number of terminal acetylenes is 1. The van der Waals surface area contributed by atoms with Gasteiger partial charge in [-0.15, -0.1) is 6.42 Å². The molecule has 0 saturated carbocycles. The summed E-state index contributed by atoms with van der Waals surface area (Å²) in [6.07, 6.45) is 4.96. The van der Waals surface area contributed by atoms with Crippen LogP contribution in [-0.2, 0) is 0 Å². The Morgan fingerprint density at radius 3 is 2.60 bits per heavy atom. The summed E-state index contributed by atoms with van der Waals surface area (Å²) in [4.78, 5) is 8.43. The van der Waals surface area contributed by atoms with Gasteiger partial charge in [0, 0.05) is 7.05 Å². The first-order chi connectivity index (χ1) is 7.08. The molecule has 4 nitrogen and oxygen atoms in total. The normalized spacial score (nSPS) is 11.7. The van der Waals surface area contributed by atoms with Crippen LogP contribution in [0.3, 0.4) is 0 Å². The van der Waals surface area contributed by atoms with Crippen molar-refractivity contribution in [3.8, 4) is 18.2 Å². The zero-order chi connectivity index (χ0) is 11.4. The standard InChI is InChI=1S/C11H15N3O/c1-6-7(2)15-11-8(3)10(12-5)13-9(4)14-11/h1,7H,2-5H3,(H,12,13,14). The molecule has 0 amide bonds. The minimum Gasteiger partial charge on any atom is -0.461 e. The molecule has 0 aliphatic heterocycles. The van der Waals surface area contributed by atoms with Crippen molar-refractivity contribution in [1.82, 2.24) is 9.97 Å². The van der Waals surface area contributed by atoms with Crippen molar-refractivity contribution in [1.29, 1.82) is 0 Å². The first-order valence-electron chi connectivity index (χ1n) is 4.74. The Kier molecular flexibility index (Phi) is 3.51. The Hall–Kier alpha value is -1.76. The molecule has 1 atom stereocenters. The lowest BCUT2D eigenvalue weighted by atomic mass is 10.3. The van der Waals surface area contributed by atoms with Crippen LogP contribution in [0.1, 0.15) is 18.3 Å². The second-order valence-corrected chi connectivity index (χ2v) is 3.23. The van der Waals surface area contributed by atoms with Crippen LogP contribution in [0.4, 0.5) is 5.82 Å². The zero-order valence-electron chi connectivity index (χ0n) is 9.46. The van der Waals surface area contributed by atoms with E-state index < -0.39 is 0 Å². The van der Waals surface area contributed by atoms with Crippen LogP contribution in [-0.4, -0.2) is 23.1 Å². The van der Waals surface area contributed by atoms with Crippen molar-refractivity contribution >= 4 is 5.82 Å². The summed E-state index contributed by atoms with van der Waals surface area (Å²) in [6, 6.07) is 0. The fourth-order valence-corrected chi connectivity index (χ4v) is 1.16. The maximum atomic E-state index is 5.49. The van der Waals surface area contributed by atoms with Crippen molar-refractivity contribution < 1.29 is 4.74 Å². The lowest BCUT2D eigenvalue weighted by molar-refractivity contribution is 0.265. The second-order valence-electron chi connectivity index (χ2n) is 3.23. The van der Waals surface area contributed by atoms with E-state index in [0.717, 1.165) is 11.4 Å². The molecule has 0 radical (unpaired) electrons. The molecule has 0 aliphatic carbocycles. The van der Waals surface area contributed by atoms with Crippen LogP contribution >= 0.6 is 0 Å². The highest BCUT2D eigenvalue weighted by Gasteiger charge is 2.10. The average Bonchev–Trinajstić information content (AvgIpc) is 2.22. The van der Waals surface area contributed by atoms with E-state index in [2.05, 4.69) is 21.2 Å². The predicted octanol–water partition coefficient (Wildman–Crippen LogP) is 1.54. The summed E-state index contributed by atoms with van der Waals surface area (Å²) in [7, 11) is 1.81. The quantitative estimate of drug-likeness (QED) is 0.760. The summed E-state index contributed by atoms with van der Waals surface area (Å²) in [5, 5.41) is 2.98. The Morgan fingerprint density at radius 2 is 2.07 bits per heavy atom. The zero-order valence-corrected chi connectivity index (χ0v) is 9.46. The number of anilines is 1. The third kappa shape index (κ3) is 2.59. The van der Waals surface area contributed by atoms with Crippen molar-refractivity contribution in [2.24, 2.45) is 0 Å². The number of ether oxygens (including phenoxy) is 1. The Labute approximate surface area is 90.1 Å². The molecule has 4 heteroatoms. The van der Waals surface area contributed by atoms with Crippen LogP contribution in [0.5, 0.6) is 5.88 Å². The molecule has 1 aromatic rings. The Morgan fingerprint density at radius 1 is 1.40 bits per heavy atom. The summed E-state index contributed by atoms with van der Waals surface area (Å²) >= 11 is 0. The molecular formula is C11H15N3O. The summed E-state index contributed by atoms with van der Waals surface area (Å²) in [5.74, 6) is 4.46. The topological polar surface area (TPSA) is 47.0 Å². The van der Waals surface area contributed by atoms with Gasteiger partial charge in [-0.3, -0.25) is 0 Å². The molecule has 0 fully saturated rings. The van der Waals surface area contributed by atoms with E-state index in [1.54, 1.807) is 6.92 Å². The molecule has 15 heavy (non-hydrogen) atoms. The molecule has 0 aliphatic rings. The molecule has 1 aromatic heterocycles. The fraction of sp³-hybridized carbons (Fsp3) is 0.455. The molecule has 1 rings (SSSR count). The van der Waals surface area contributed by atoms with Crippen LogP contribution < -0.4 is 10.1 Å². The first-order valence-corrected chi connectivity index (χ1v) is 4.74. The third-order valence-corrected chi connectivity index (χ3v) is 1.97. The Bertz CT molecular complexity index is 396. The summed E-state index contributed by atoms with van der Waals surface area (Å²) in [6.45, 7) is 5.51. The maximum absolute atomic E-state index is 5.49. The number of rotatable bonds is 3. The van der Waals surface area contributed by atoms with Gasteiger partial charge in [-0.25, -0.2) is 4.98 Å². The highest BCUT2D eigenvalue weighted by Crippen LogP contribution is 2.22.